The summed E-state index contributed by atoms with van der Waals surface area (Å²) in [6.07, 6.45) is 5.47. The maximum Gasteiger partial charge on any atom is 0.0697 e. The molecule has 3 heteroatoms. The molecule has 0 spiro atoms. The Balaban J connectivity index is 2.68. The number of aliphatic hydroxyl groups is 1. The fourth-order valence-corrected chi connectivity index (χ4v) is 4.32. The zero-order valence-corrected chi connectivity index (χ0v) is 18.3. The molecule has 0 radical (unpaired) electrons. The minimum atomic E-state index is 0.101. The van der Waals surface area contributed by atoms with E-state index in [4.69, 9.17) is 22.5 Å². The summed E-state index contributed by atoms with van der Waals surface area (Å²) in [5, 5.41) is 8.87. The summed E-state index contributed by atoms with van der Waals surface area (Å²) in [5.74, 6) is 0.566. The van der Waals surface area contributed by atoms with E-state index in [1.807, 2.05) is 0 Å². The van der Waals surface area contributed by atoms with E-state index in [2.05, 4.69) is 47.8 Å². The Hall–Kier alpha value is -0.770. The van der Waals surface area contributed by atoms with Crippen molar-refractivity contribution < 1.29 is 9.84 Å². The van der Waals surface area contributed by atoms with Crippen molar-refractivity contribution in [2.45, 2.75) is 66.7 Å². The van der Waals surface area contributed by atoms with Gasteiger partial charge in [0.2, 0.25) is 0 Å². The molecule has 0 aromatic rings. The van der Waals surface area contributed by atoms with Crippen LogP contribution in [-0.4, -0.2) is 24.9 Å². The van der Waals surface area contributed by atoms with E-state index < -0.39 is 0 Å². The molecule has 148 valence electrons. The van der Waals surface area contributed by atoms with Crippen LogP contribution in [-0.2, 0) is 4.74 Å². The molecule has 0 amide bonds. The molecule has 1 fully saturated rings. The van der Waals surface area contributed by atoms with Crippen LogP contribution in [0, 0.1) is 11.3 Å². The summed E-state index contributed by atoms with van der Waals surface area (Å²) in [7, 11) is 0. The molecule has 0 aromatic carbocycles. The first-order valence-corrected chi connectivity index (χ1v) is 10.1. The van der Waals surface area contributed by atoms with Crippen molar-refractivity contribution in [2.24, 2.45) is 11.3 Å². The third kappa shape index (κ3) is 6.75. The molecule has 1 rings (SSSR count). The van der Waals surface area contributed by atoms with Gasteiger partial charge in [0.05, 0.1) is 19.8 Å². The summed E-state index contributed by atoms with van der Waals surface area (Å²) >= 11 is 4.80. The molecule has 1 saturated carbocycles. The molecule has 0 bridgehead atoms. The predicted octanol–water partition coefficient (Wildman–Crippen LogP) is 6.25. The van der Waals surface area contributed by atoms with E-state index in [0.717, 1.165) is 49.2 Å². The van der Waals surface area contributed by atoms with Crippen molar-refractivity contribution in [3.8, 4) is 0 Å². The van der Waals surface area contributed by atoms with Gasteiger partial charge in [0.25, 0.3) is 0 Å². The van der Waals surface area contributed by atoms with Crippen LogP contribution in [0.15, 0.2) is 45.9 Å². The highest BCUT2D eigenvalue weighted by atomic mass is 32.1. The van der Waals surface area contributed by atoms with Gasteiger partial charge in [-0.15, -0.1) is 12.6 Å². The van der Waals surface area contributed by atoms with Crippen LogP contribution in [0.4, 0.5) is 0 Å². The number of thiol groups is 1. The highest BCUT2D eigenvalue weighted by Crippen LogP contribution is 2.42. The van der Waals surface area contributed by atoms with Gasteiger partial charge in [0.15, 0.2) is 0 Å². The summed E-state index contributed by atoms with van der Waals surface area (Å²) in [5.41, 5.74) is 6.36. The molecule has 0 saturated heterocycles. The van der Waals surface area contributed by atoms with Gasteiger partial charge < -0.3 is 9.84 Å². The molecule has 0 aromatic heterocycles. The summed E-state index contributed by atoms with van der Waals surface area (Å²) in [4.78, 5) is 1.11. The van der Waals surface area contributed by atoms with Gasteiger partial charge in [0.1, 0.15) is 0 Å². The quantitative estimate of drug-likeness (QED) is 0.215. The topological polar surface area (TPSA) is 29.5 Å². The zero-order valence-electron chi connectivity index (χ0n) is 17.5. The van der Waals surface area contributed by atoms with Crippen LogP contribution in [0.25, 0.3) is 0 Å². The second-order valence-corrected chi connectivity index (χ2v) is 8.96. The molecule has 1 aliphatic rings. The van der Waals surface area contributed by atoms with Crippen molar-refractivity contribution in [3.63, 3.8) is 0 Å². The van der Waals surface area contributed by atoms with Crippen molar-refractivity contribution in [1.29, 1.82) is 0 Å². The molecule has 1 N–H and O–H groups in total. The lowest BCUT2D eigenvalue weighted by Gasteiger charge is -2.38. The molecular formula is C23H38O2S. The maximum atomic E-state index is 8.87. The van der Waals surface area contributed by atoms with Gasteiger partial charge in [-0.2, -0.15) is 0 Å². The molecule has 0 aliphatic heterocycles. The van der Waals surface area contributed by atoms with E-state index in [1.54, 1.807) is 0 Å². The van der Waals surface area contributed by atoms with Crippen LogP contribution in [0.2, 0.25) is 0 Å². The normalized spacial score (nSPS) is 24.0. The average molecular weight is 379 g/mol. The second kappa shape index (κ2) is 10.5. The van der Waals surface area contributed by atoms with Crippen molar-refractivity contribution in [3.05, 3.63) is 45.9 Å². The Morgan fingerprint density at radius 2 is 1.73 bits per heavy atom. The molecule has 0 unspecified atom stereocenters. The molecule has 0 atom stereocenters. The van der Waals surface area contributed by atoms with Gasteiger partial charge in [-0.1, -0.05) is 36.8 Å². The Bertz CT molecular complexity index is 571. The van der Waals surface area contributed by atoms with Crippen molar-refractivity contribution in [1.82, 2.24) is 0 Å². The Morgan fingerprint density at radius 1 is 1.15 bits per heavy atom. The molecule has 1 aliphatic carbocycles. The number of rotatable bonds is 9. The SMILES string of the molecule is C=C(C)C(=C(C)C)/C(C)=C(\S)CC(=C)C1CCC(C)(COCCO)CC1. The van der Waals surface area contributed by atoms with E-state index in [-0.39, 0.29) is 12.0 Å². The van der Waals surface area contributed by atoms with Crippen molar-refractivity contribution in [2.75, 3.05) is 19.8 Å². The van der Waals surface area contributed by atoms with Crippen LogP contribution >= 0.6 is 12.6 Å². The molecule has 26 heavy (non-hydrogen) atoms. The van der Waals surface area contributed by atoms with Crippen LogP contribution in [0.3, 0.4) is 0 Å². The highest BCUT2D eigenvalue weighted by Gasteiger charge is 2.32. The first-order valence-electron chi connectivity index (χ1n) is 9.70. The second-order valence-electron chi connectivity index (χ2n) is 8.42. The van der Waals surface area contributed by atoms with Gasteiger partial charge in [-0.25, -0.2) is 0 Å². The van der Waals surface area contributed by atoms with Gasteiger partial charge >= 0.3 is 0 Å². The first kappa shape index (κ1) is 23.3. The lowest BCUT2D eigenvalue weighted by Crippen LogP contribution is -2.30. The van der Waals surface area contributed by atoms with E-state index in [9.17, 15) is 0 Å². The number of allylic oxidation sites excluding steroid dienone is 6. The Kier molecular flexibility index (Phi) is 9.43. The smallest absolute Gasteiger partial charge is 0.0697 e. The van der Waals surface area contributed by atoms with Gasteiger partial charge in [-0.05, 0) is 87.2 Å². The largest absolute Gasteiger partial charge is 0.394 e. The Morgan fingerprint density at radius 3 is 2.19 bits per heavy atom. The highest BCUT2D eigenvalue weighted by molar-refractivity contribution is 7.84. The lowest BCUT2D eigenvalue weighted by molar-refractivity contribution is 0.00990. The van der Waals surface area contributed by atoms with Crippen LogP contribution in [0.1, 0.15) is 66.7 Å². The number of hydrogen-bond acceptors (Lipinski definition) is 3. The Labute approximate surface area is 166 Å². The standard InChI is InChI=1S/C23H38O2S/c1-16(2)22(17(3)4)19(6)21(26)14-18(5)20-8-10-23(7,11-9-20)15-25-13-12-24/h20,24,26H,1,5,8-15H2,2-4,6-7H3/b21-19-. The monoisotopic (exact) mass is 378 g/mol. The first-order chi connectivity index (χ1) is 12.1. The summed E-state index contributed by atoms with van der Waals surface area (Å²) in [6, 6.07) is 0. The van der Waals surface area contributed by atoms with E-state index in [1.165, 1.54) is 22.3 Å². The minimum absolute atomic E-state index is 0.101. The number of aliphatic hydroxyl groups excluding tert-OH is 1. The molecule has 2 nitrogen and oxygen atoms in total. The lowest BCUT2D eigenvalue weighted by atomic mass is 9.70. The van der Waals surface area contributed by atoms with Gasteiger partial charge in [-0.3, -0.25) is 0 Å². The van der Waals surface area contributed by atoms with Crippen molar-refractivity contribution >= 4 is 12.6 Å². The van der Waals surface area contributed by atoms with Gasteiger partial charge in [0, 0.05) is 0 Å². The minimum Gasteiger partial charge on any atom is -0.394 e. The third-order valence-electron chi connectivity index (χ3n) is 5.59. The molecular weight excluding hydrogens is 340 g/mol. The fourth-order valence-electron chi connectivity index (χ4n) is 4.01. The van der Waals surface area contributed by atoms with E-state index in [0.29, 0.717) is 12.5 Å². The predicted molar refractivity (Wildman–Crippen MR) is 117 cm³/mol. The number of ether oxygens (including phenoxy) is 1. The average Bonchev–Trinajstić information content (AvgIpc) is 2.54. The third-order valence-corrected chi connectivity index (χ3v) is 6.08. The summed E-state index contributed by atoms with van der Waals surface area (Å²) in [6.45, 7) is 20.5. The van der Waals surface area contributed by atoms with E-state index >= 15 is 0 Å². The molecule has 0 heterocycles. The maximum absolute atomic E-state index is 8.87. The zero-order chi connectivity index (χ0) is 19.9. The van der Waals surface area contributed by atoms with Crippen LogP contribution in [0.5, 0.6) is 0 Å². The number of hydrogen-bond donors (Lipinski definition) is 2. The van der Waals surface area contributed by atoms with Crippen LogP contribution < -0.4 is 0 Å². The fraction of sp³-hybridized carbons (Fsp3) is 0.652. The summed E-state index contributed by atoms with van der Waals surface area (Å²) < 4.78 is 5.58.